The Hall–Kier alpha value is -5.11. The smallest absolute Gasteiger partial charge is 0.333 e. The minimum atomic E-state index is -0.562. The lowest BCUT2D eigenvalue weighted by atomic mass is 9.93. The summed E-state index contributed by atoms with van der Waals surface area (Å²) in [5.41, 5.74) is 6.13. The third-order valence-electron chi connectivity index (χ3n) is 7.51. The molecular formula is C40H46N2O6. The molecular weight excluding hydrogens is 604 g/mol. The number of esters is 1. The number of benzene rings is 3. The molecule has 0 fully saturated rings. The van der Waals surface area contributed by atoms with Crippen LogP contribution in [0.25, 0.3) is 22.3 Å². The van der Waals surface area contributed by atoms with Crippen LogP contribution < -0.4 is 19.5 Å². The van der Waals surface area contributed by atoms with Gasteiger partial charge in [-0.05, 0) is 64.9 Å². The molecule has 0 unspecified atom stereocenters. The lowest BCUT2D eigenvalue weighted by molar-refractivity contribution is -0.138. The molecule has 0 saturated heterocycles. The molecule has 1 heterocycles. The zero-order chi connectivity index (χ0) is 34.5. The number of nitrogens with one attached hydrogen (secondary N) is 1. The Kier molecular flexibility index (Phi) is 12.8. The number of ether oxygens (including phenoxy) is 4. The van der Waals surface area contributed by atoms with Gasteiger partial charge < -0.3 is 24.3 Å². The lowest BCUT2D eigenvalue weighted by Crippen LogP contribution is -2.37. The third kappa shape index (κ3) is 10.5. The standard InChI is InChI=1S/C40H46N2O6/c1-7-10-29-12-14-30(15-13-29)31-16-18-34(33(25-31)20-22-47-38(43)28(2)3)32-17-19-35(45-23-24-46-37-11-8-9-21-41-37)36(26-32)48-27-42-39(44)40(4,5)6/h8-9,11-19,21,25-26H,2,7,10,20,22-24,27H2,1,3-6H3,(H,42,44). The number of nitrogens with zero attached hydrogens (tertiary/aromatic N) is 1. The molecule has 3 aromatic carbocycles. The summed E-state index contributed by atoms with van der Waals surface area (Å²) in [5, 5.41) is 2.84. The van der Waals surface area contributed by atoms with E-state index >= 15 is 0 Å². The van der Waals surface area contributed by atoms with Crippen molar-refractivity contribution in [3.05, 3.63) is 108 Å². The van der Waals surface area contributed by atoms with Gasteiger partial charge in [0, 0.05) is 29.7 Å². The summed E-state index contributed by atoms with van der Waals surface area (Å²) in [5.74, 6) is 0.944. The fourth-order valence-corrected chi connectivity index (χ4v) is 4.87. The van der Waals surface area contributed by atoms with Crippen LogP contribution in [0.2, 0.25) is 0 Å². The van der Waals surface area contributed by atoms with Crippen molar-refractivity contribution < 1.29 is 28.5 Å². The Morgan fingerprint density at radius 2 is 1.52 bits per heavy atom. The van der Waals surface area contributed by atoms with Crippen LogP contribution in [0.4, 0.5) is 0 Å². The molecule has 0 saturated carbocycles. The number of hydrogen-bond donors (Lipinski definition) is 1. The third-order valence-corrected chi connectivity index (χ3v) is 7.51. The van der Waals surface area contributed by atoms with Crippen LogP contribution in [-0.2, 0) is 27.2 Å². The first-order valence-electron chi connectivity index (χ1n) is 16.3. The molecule has 8 heteroatoms. The van der Waals surface area contributed by atoms with Crippen molar-refractivity contribution in [2.75, 3.05) is 26.6 Å². The second-order valence-electron chi connectivity index (χ2n) is 12.6. The van der Waals surface area contributed by atoms with Gasteiger partial charge in [0.15, 0.2) is 18.2 Å². The van der Waals surface area contributed by atoms with E-state index in [2.05, 4.69) is 66.3 Å². The highest BCUT2D eigenvalue weighted by Crippen LogP contribution is 2.36. The van der Waals surface area contributed by atoms with Gasteiger partial charge in [0.25, 0.3) is 0 Å². The van der Waals surface area contributed by atoms with Gasteiger partial charge >= 0.3 is 5.97 Å². The average Bonchev–Trinajstić information content (AvgIpc) is 3.07. The maximum Gasteiger partial charge on any atom is 0.333 e. The van der Waals surface area contributed by atoms with Crippen LogP contribution in [0, 0.1) is 5.41 Å². The Morgan fingerprint density at radius 1 is 0.792 bits per heavy atom. The van der Waals surface area contributed by atoms with Gasteiger partial charge in [-0.15, -0.1) is 0 Å². The molecule has 1 amide bonds. The Balaban J connectivity index is 1.62. The Labute approximate surface area is 284 Å². The molecule has 0 radical (unpaired) electrons. The number of aryl methyl sites for hydroxylation is 1. The molecule has 1 aromatic heterocycles. The average molecular weight is 651 g/mol. The molecule has 4 rings (SSSR count). The van der Waals surface area contributed by atoms with Gasteiger partial charge in [-0.25, -0.2) is 9.78 Å². The lowest BCUT2D eigenvalue weighted by Gasteiger charge is -2.20. The first kappa shape index (κ1) is 35.7. The highest BCUT2D eigenvalue weighted by molar-refractivity contribution is 5.87. The van der Waals surface area contributed by atoms with Gasteiger partial charge in [-0.3, -0.25) is 4.79 Å². The molecule has 252 valence electrons. The summed E-state index contributed by atoms with van der Waals surface area (Å²) in [7, 11) is 0. The van der Waals surface area contributed by atoms with Gasteiger partial charge in [0.2, 0.25) is 11.8 Å². The highest BCUT2D eigenvalue weighted by Gasteiger charge is 2.21. The SMILES string of the molecule is C=C(C)C(=O)OCCc1cc(-c2ccc(CCC)cc2)ccc1-c1ccc(OCCOc2ccccn2)c(OCNC(=O)C(C)(C)C)c1. The van der Waals surface area contributed by atoms with E-state index in [0.29, 0.717) is 29.4 Å². The van der Waals surface area contributed by atoms with Crippen LogP contribution in [0.15, 0.2) is 97.2 Å². The topological polar surface area (TPSA) is 96.0 Å². The molecule has 0 aliphatic carbocycles. The van der Waals surface area contributed by atoms with E-state index in [1.807, 2.05) is 51.1 Å². The first-order chi connectivity index (χ1) is 23.0. The monoisotopic (exact) mass is 650 g/mol. The van der Waals surface area contributed by atoms with Crippen molar-refractivity contribution >= 4 is 11.9 Å². The fraction of sp³-hybridized carbons (Fsp3) is 0.325. The zero-order valence-electron chi connectivity index (χ0n) is 28.6. The summed E-state index contributed by atoms with van der Waals surface area (Å²) in [6.07, 6.45) is 4.30. The van der Waals surface area contributed by atoms with Crippen molar-refractivity contribution in [2.24, 2.45) is 5.41 Å². The Morgan fingerprint density at radius 3 is 2.21 bits per heavy atom. The predicted octanol–water partition coefficient (Wildman–Crippen LogP) is 7.99. The largest absolute Gasteiger partial charge is 0.486 e. The molecule has 0 aliphatic heterocycles. The fourth-order valence-electron chi connectivity index (χ4n) is 4.87. The van der Waals surface area contributed by atoms with Crippen molar-refractivity contribution in [1.82, 2.24) is 10.3 Å². The molecule has 0 bridgehead atoms. The maximum absolute atomic E-state index is 12.5. The van der Waals surface area contributed by atoms with E-state index in [-0.39, 0.29) is 32.5 Å². The molecule has 0 atom stereocenters. The Bertz CT molecular complexity index is 1680. The number of pyridine rings is 1. The van der Waals surface area contributed by atoms with E-state index in [9.17, 15) is 9.59 Å². The zero-order valence-corrected chi connectivity index (χ0v) is 28.6. The highest BCUT2D eigenvalue weighted by atomic mass is 16.5. The van der Waals surface area contributed by atoms with Gasteiger partial charge in [0.1, 0.15) is 13.2 Å². The van der Waals surface area contributed by atoms with Crippen LogP contribution in [-0.4, -0.2) is 43.4 Å². The van der Waals surface area contributed by atoms with Crippen molar-refractivity contribution in [1.29, 1.82) is 0 Å². The van der Waals surface area contributed by atoms with E-state index < -0.39 is 11.4 Å². The van der Waals surface area contributed by atoms with Crippen LogP contribution in [0.5, 0.6) is 17.4 Å². The minimum Gasteiger partial charge on any atom is -0.486 e. The van der Waals surface area contributed by atoms with E-state index in [4.69, 9.17) is 18.9 Å². The number of aromatic nitrogens is 1. The van der Waals surface area contributed by atoms with E-state index in [1.165, 1.54) is 5.56 Å². The predicted molar refractivity (Wildman–Crippen MR) is 189 cm³/mol. The van der Waals surface area contributed by atoms with Crippen molar-refractivity contribution in [2.45, 2.75) is 53.9 Å². The van der Waals surface area contributed by atoms with Crippen molar-refractivity contribution in [3.63, 3.8) is 0 Å². The summed E-state index contributed by atoms with van der Waals surface area (Å²) in [6.45, 7) is 13.8. The van der Waals surface area contributed by atoms with Crippen molar-refractivity contribution in [3.8, 4) is 39.6 Å². The number of amides is 1. The molecule has 0 spiro atoms. The van der Waals surface area contributed by atoms with Gasteiger partial charge in [-0.1, -0.05) is 95.3 Å². The van der Waals surface area contributed by atoms with E-state index in [0.717, 1.165) is 40.7 Å². The maximum atomic E-state index is 12.5. The summed E-state index contributed by atoms with van der Waals surface area (Å²) < 4.78 is 23.3. The number of hydrogen-bond acceptors (Lipinski definition) is 7. The molecule has 0 aliphatic rings. The summed E-state index contributed by atoms with van der Waals surface area (Å²) >= 11 is 0. The molecule has 48 heavy (non-hydrogen) atoms. The van der Waals surface area contributed by atoms with Crippen LogP contribution in [0.3, 0.4) is 0 Å². The normalized spacial score (nSPS) is 11.0. The second-order valence-corrected chi connectivity index (χ2v) is 12.6. The number of carbonyl (C=O) groups is 2. The van der Waals surface area contributed by atoms with Crippen LogP contribution in [0.1, 0.15) is 52.2 Å². The second kappa shape index (κ2) is 17.2. The molecule has 8 nitrogen and oxygen atoms in total. The van der Waals surface area contributed by atoms with Gasteiger partial charge in [-0.2, -0.15) is 0 Å². The summed E-state index contributed by atoms with van der Waals surface area (Å²) in [6, 6.07) is 26.1. The van der Waals surface area contributed by atoms with Gasteiger partial charge in [0.05, 0.1) is 6.61 Å². The first-order valence-corrected chi connectivity index (χ1v) is 16.3. The molecule has 4 aromatic rings. The minimum absolute atomic E-state index is 0.0307. The number of rotatable bonds is 16. The van der Waals surface area contributed by atoms with Crippen LogP contribution >= 0.6 is 0 Å². The number of carbonyl (C=O) groups excluding carboxylic acids is 2. The summed E-state index contributed by atoms with van der Waals surface area (Å²) in [4.78, 5) is 28.8. The van der Waals surface area contributed by atoms with E-state index in [1.54, 1.807) is 19.2 Å². The quantitative estimate of drug-likeness (QED) is 0.0568. The molecule has 1 N–H and O–H groups in total.